The lowest BCUT2D eigenvalue weighted by Crippen LogP contribution is -2.36. The molecule has 0 bridgehead atoms. The molecule has 1 heterocycles. The molecule has 0 spiro atoms. The van der Waals surface area contributed by atoms with Crippen LogP contribution in [0.25, 0.3) is 10.9 Å². The van der Waals surface area contributed by atoms with E-state index in [9.17, 15) is 4.79 Å². The van der Waals surface area contributed by atoms with Gasteiger partial charge in [0.05, 0.1) is 25.8 Å². The summed E-state index contributed by atoms with van der Waals surface area (Å²) in [6.45, 7) is 4.41. The second-order valence-electron chi connectivity index (χ2n) is 8.21. The monoisotopic (exact) mass is 528 g/mol. The minimum absolute atomic E-state index is 0.200. The van der Waals surface area contributed by atoms with Crippen LogP contribution in [0.15, 0.2) is 47.2 Å². The molecule has 3 aromatic rings. The zero-order chi connectivity index (χ0) is 23.9. The van der Waals surface area contributed by atoms with Crippen molar-refractivity contribution in [2.75, 3.05) is 45.3 Å². The Bertz CT molecular complexity index is 1140. The predicted octanol–water partition coefficient (Wildman–Crippen LogP) is 4.80. The molecule has 1 aliphatic rings. The van der Waals surface area contributed by atoms with Crippen LogP contribution in [-0.2, 0) is 9.53 Å². The first-order chi connectivity index (χ1) is 16.6. The number of esters is 1. The zero-order valence-corrected chi connectivity index (χ0v) is 21.0. The average molecular weight is 529 g/mol. The minimum atomic E-state index is -0.200. The summed E-state index contributed by atoms with van der Waals surface area (Å²) in [5.41, 5.74) is 1.65. The molecule has 2 aromatic carbocycles. The molecule has 180 valence electrons. The van der Waals surface area contributed by atoms with Crippen molar-refractivity contribution in [3.8, 4) is 11.5 Å². The number of carbonyl (C=O) groups excluding carboxylic acids is 1. The van der Waals surface area contributed by atoms with Gasteiger partial charge in [-0.1, -0.05) is 22.0 Å². The Labute approximate surface area is 207 Å². The van der Waals surface area contributed by atoms with E-state index in [0.29, 0.717) is 43.0 Å². The Hall–Kier alpha value is -2.91. The number of fused-ring (bicyclic) bond motifs is 1. The largest absolute Gasteiger partial charge is 0.493 e. The molecule has 8 nitrogen and oxygen atoms in total. The van der Waals surface area contributed by atoms with E-state index < -0.39 is 0 Å². The Morgan fingerprint density at radius 3 is 2.79 bits per heavy atom. The highest BCUT2D eigenvalue weighted by Gasteiger charge is 2.25. The van der Waals surface area contributed by atoms with E-state index in [1.807, 2.05) is 43.3 Å². The molecule has 1 N–H and O–H groups in total. The fourth-order valence-corrected chi connectivity index (χ4v) is 4.11. The van der Waals surface area contributed by atoms with Crippen molar-refractivity contribution in [1.29, 1.82) is 0 Å². The van der Waals surface area contributed by atoms with E-state index in [-0.39, 0.29) is 12.5 Å². The molecular formula is C25H29BrN4O4. The highest BCUT2D eigenvalue weighted by Crippen LogP contribution is 2.35. The molecule has 1 saturated carbocycles. The summed E-state index contributed by atoms with van der Waals surface area (Å²) in [7, 11) is 1.61. The van der Waals surface area contributed by atoms with E-state index in [2.05, 4.69) is 36.1 Å². The molecule has 1 aliphatic carbocycles. The summed E-state index contributed by atoms with van der Waals surface area (Å²) in [6.07, 6.45) is 3.96. The molecule has 0 unspecified atom stereocenters. The fraction of sp³-hybridized carbons (Fsp3) is 0.400. The van der Waals surface area contributed by atoms with Gasteiger partial charge in [0.2, 0.25) is 0 Å². The topological polar surface area (TPSA) is 85.8 Å². The standard InChI is InChI=1S/C25H29BrN4O4/c1-3-33-24(31)15-30(14-17-7-8-17)9-10-34-23-13-21-20(12-22(23)32-2)25(28-16-27-21)29-19-6-4-5-18(26)11-19/h4-6,11-13,16-17H,3,7-10,14-15H2,1-2H3,(H,27,28,29). The number of methoxy groups -OCH3 is 1. The lowest BCUT2D eigenvalue weighted by Gasteiger charge is -2.21. The van der Waals surface area contributed by atoms with Crippen LogP contribution in [0.4, 0.5) is 11.5 Å². The molecule has 1 aromatic heterocycles. The van der Waals surface area contributed by atoms with E-state index in [4.69, 9.17) is 14.2 Å². The van der Waals surface area contributed by atoms with Crippen LogP contribution in [0.2, 0.25) is 0 Å². The van der Waals surface area contributed by atoms with Crippen LogP contribution in [0.1, 0.15) is 19.8 Å². The quantitative estimate of drug-likeness (QED) is 0.335. The number of nitrogens with one attached hydrogen (secondary N) is 1. The molecule has 34 heavy (non-hydrogen) atoms. The van der Waals surface area contributed by atoms with Gasteiger partial charge in [0.15, 0.2) is 11.5 Å². The lowest BCUT2D eigenvalue weighted by atomic mass is 10.2. The Morgan fingerprint density at radius 1 is 1.21 bits per heavy atom. The summed E-state index contributed by atoms with van der Waals surface area (Å²) >= 11 is 3.49. The van der Waals surface area contributed by atoms with E-state index in [1.54, 1.807) is 7.11 Å². The van der Waals surface area contributed by atoms with E-state index >= 15 is 0 Å². The van der Waals surface area contributed by atoms with Crippen LogP contribution >= 0.6 is 15.9 Å². The van der Waals surface area contributed by atoms with Gasteiger partial charge in [0.25, 0.3) is 0 Å². The highest BCUT2D eigenvalue weighted by atomic mass is 79.9. The van der Waals surface area contributed by atoms with Crippen molar-refractivity contribution in [3.05, 3.63) is 47.2 Å². The van der Waals surface area contributed by atoms with Gasteiger partial charge >= 0.3 is 5.97 Å². The molecule has 1 fully saturated rings. The second-order valence-corrected chi connectivity index (χ2v) is 9.13. The molecule has 9 heteroatoms. The normalized spacial score (nSPS) is 13.2. The third-order valence-electron chi connectivity index (χ3n) is 5.54. The SMILES string of the molecule is CCOC(=O)CN(CCOc1cc2ncnc(Nc3cccc(Br)c3)c2cc1OC)CC1CC1. The number of aromatic nitrogens is 2. The fourth-order valence-electron chi connectivity index (χ4n) is 3.71. The number of hydrogen-bond acceptors (Lipinski definition) is 8. The Kier molecular flexibility index (Phi) is 8.18. The number of halogens is 1. The first kappa shape index (κ1) is 24.2. The number of rotatable bonds is 12. The van der Waals surface area contributed by atoms with Gasteiger partial charge in [-0.05, 0) is 49.9 Å². The maximum atomic E-state index is 12.0. The first-order valence-electron chi connectivity index (χ1n) is 11.4. The lowest BCUT2D eigenvalue weighted by molar-refractivity contribution is -0.144. The van der Waals surface area contributed by atoms with Crippen LogP contribution in [0, 0.1) is 5.92 Å². The highest BCUT2D eigenvalue weighted by molar-refractivity contribution is 9.10. The van der Waals surface area contributed by atoms with Crippen LogP contribution < -0.4 is 14.8 Å². The molecule has 0 aliphatic heterocycles. The minimum Gasteiger partial charge on any atom is -0.493 e. The maximum Gasteiger partial charge on any atom is 0.320 e. The van der Waals surface area contributed by atoms with Gasteiger partial charge in [-0.25, -0.2) is 9.97 Å². The number of carbonyl (C=O) groups is 1. The Balaban J connectivity index is 1.47. The molecule has 4 rings (SSSR count). The smallest absolute Gasteiger partial charge is 0.320 e. The van der Waals surface area contributed by atoms with E-state index in [1.165, 1.54) is 19.2 Å². The van der Waals surface area contributed by atoms with E-state index in [0.717, 1.165) is 27.6 Å². The van der Waals surface area contributed by atoms with Gasteiger partial charge in [-0.3, -0.25) is 9.69 Å². The third kappa shape index (κ3) is 6.57. The third-order valence-corrected chi connectivity index (χ3v) is 6.04. The molecule has 0 atom stereocenters. The van der Waals surface area contributed by atoms with Crippen LogP contribution in [0.3, 0.4) is 0 Å². The number of anilines is 2. The Morgan fingerprint density at radius 2 is 2.06 bits per heavy atom. The van der Waals surface area contributed by atoms with Crippen molar-refractivity contribution >= 4 is 44.3 Å². The summed E-state index contributed by atoms with van der Waals surface area (Å²) < 4.78 is 17.8. The number of hydrogen-bond donors (Lipinski definition) is 1. The maximum absolute atomic E-state index is 12.0. The van der Waals surface area contributed by atoms with Crippen molar-refractivity contribution in [3.63, 3.8) is 0 Å². The molecule has 0 saturated heterocycles. The van der Waals surface area contributed by atoms with Crippen LogP contribution in [0.5, 0.6) is 11.5 Å². The second kappa shape index (κ2) is 11.5. The molecule has 0 radical (unpaired) electrons. The van der Waals surface area contributed by atoms with Crippen LogP contribution in [-0.4, -0.2) is 60.8 Å². The zero-order valence-electron chi connectivity index (χ0n) is 19.4. The summed E-state index contributed by atoms with van der Waals surface area (Å²) in [6, 6.07) is 11.6. The van der Waals surface area contributed by atoms with Gasteiger partial charge in [0.1, 0.15) is 18.8 Å². The van der Waals surface area contributed by atoms with Gasteiger partial charge in [-0.15, -0.1) is 0 Å². The number of ether oxygens (including phenoxy) is 3. The summed E-state index contributed by atoms with van der Waals surface area (Å²) in [4.78, 5) is 22.9. The number of benzene rings is 2. The van der Waals surface area contributed by atoms with Crippen molar-refractivity contribution in [2.24, 2.45) is 5.92 Å². The van der Waals surface area contributed by atoms with Crippen molar-refractivity contribution < 1.29 is 19.0 Å². The van der Waals surface area contributed by atoms with Crippen molar-refractivity contribution in [1.82, 2.24) is 14.9 Å². The molecule has 0 amide bonds. The van der Waals surface area contributed by atoms with Gasteiger partial charge < -0.3 is 19.5 Å². The number of nitrogens with zero attached hydrogens (tertiary/aromatic N) is 3. The average Bonchev–Trinajstić information content (AvgIpc) is 3.63. The first-order valence-corrected chi connectivity index (χ1v) is 12.2. The predicted molar refractivity (Wildman–Crippen MR) is 135 cm³/mol. The molecular weight excluding hydrogens is 500 g/mol. The van der Waals surface area contributed by atoms with Gasteiger partial charge in [0, 0.05) is 34.7 Å². The summed E-state index contributed by atoms with van der Waals surface area (Å²) in [5.74, 6) is 2.34. The van der Waals surface area contributed by atoms with Crippen molar-refractivity contribution in [2.45, 2.75) is 19.8 Å². The van der Waals surface area contributed by atoms with Gasteiger partial charge in [-0.2, -0.15) is 0 Å². The summed E-state index contributed by atoms with van der Waals surface area (Å²) in [5, 5.41) is 4.16.